The van der Waals surface area contributed by atoms with Crippen LogP contribution in [-0.4, -0.2) is 11.1 Å². The van der Waals surface area contributed by atoms with Crippen molar-refractivity contribution < 1.29 is 5.11 Å². The third-order valence-electron chi connectivity index (χ3n) is 3.66. The normalized spacial score (nSPS) is 16.1. The summed E-state index contributed by atoms with van der Waals surface area (Å²) in [7, 11) is 0. The van der Waals surface area contributed by atoms with Crippen molar-refractivity contribution in [2.45, 2.75) is 38.5 Å². The van der Waals surface area contributed by atoms with Gasteiger partial charge in [-0.2, -0.15) is 0 Å². The molecule has 0 radical (unpaired) electrons. The van der Waals surface area contributed by atoms with E-state index < -0.39 is 6.10 Å². The minimum atomic E-state index is -0.478. The van der Waals surface area contributed by atoms with Crippen LogP contribution in [0.3, 0.4) is 0 Å². The Hall–Kier alpha value is -1.03. The zero-order valence-electron chi connectivity index (χ0n) is 11.4. The molecule has 0 unspecified atom stereocenters. The molecular weight excluding hydrogens is 290 g/mol. The second-order valence-corrected chi connectivity index (χ2v) is 6.76. The number of aliphatic hydroxyl groups is 1. The molecule has 1 atom stereocenters. The maximum atomic E-state index is 9.64. The van der Waals surface area contributed by atoms with Crippen molar-refractivity contribution in [3.8, 4) is 0 Å². The fraction of sp³-hybridized carbons (Fsp3) is 0.375. The van der Waals surface area contributed by atoms with Crippen LogP contribution in [0.15, 0.2) is 35.7 Å². The van der Waals surface area contributed by atoms with Crippen LogP contribution in [0.2, 0.25) is 5.02 Å². The standard InChI is InChI=1S/C16H18ClNOS/c1-11(19)12-4-7-16(15(17)9-12)18(13-5-6-13)10-14-3-2-8-20-14/h2-4,7-9,11,13,19H,5-6,10H2,1H3/t11-/m1/s1. The molecule has 0 saturated heterocycles. The van der Waals surface area contributed by atoms with Gasteiger partial charge in [0.1, 0.15) is 0 Å². The third kappa shape index (κ3) is 3.00. The van der Waals surface area contributed by atoms with Gasteiger partial charge in [-0.15, -0.1) is 11.3 Å². The number of anilines is 1. The highest BCUT2D eigenvalue weighted by Gasteiger charge is 2.30. The lowest BCUT2D eigenvalue weighted by Gasteiger charge is -2.25. The molecule has 1 aliphatic carbocycles. The Labute approximate surface area is 128 Å². The molecule has 1 heterocycles. The maximum absolute atomic E-state index is 9.64. The highest BCUT2D eigenvalue weighted by atomic mass is 35.5. The lowest BCUT2D eigenvalue weighted by atomic mass is 10.1. The van der Waals surface area contributed by atoms with Crippen molar-refractivity contribution in [3.63, 3.8) is 0 Å². The lowest BCUT2D eigenvalue weighted by molar-refractivity contribution is 0.199. The zero-order chi connectivity index (χ0) is 14.1. The summed E-state index contributed by atoms with van der Waals surface area (Å²) in [5, 5.41) is 12.5. The van der Waals surface area contributed by atoms with Crippen molar-refractivity contribution in [1.29, 1.82) is 0 Å². The van der Waals surface area contributed by atoms with E-state index in [1.54, 1.807) is 18.3 Å². The maximum Gasteiger partial charge on any atom is 0.0762 e. The molecule has 0 spiro atoms. The number of hydrogen-bond acceptors (Lipinski definition) is 3. The van der Waals surface area contributed by atoms with E-state index in [1.807, 2.05) is 18.2 Å². The summed E-state index contributed by atoms with van der Waals surface area (Å²) in [5.74, 6) is 0. The summed E-state index contributed by atoms with van der Waals surface area (Å²) >= 11 is 8.21. The second-order valence-electron chi connectivity index (χ2n) is 5.33. The van der Waals surface area contributed by atoms with E-state index in [0.29, 0.717) is 6.04 Å². The molecule has 106 valence electrons. The van der Waals surface area contributed by atoms with Crippen molar-refractivity contribution in [2.75, 3.05) is 4.90 Å². The molecule has 1 fully saturated rings. The molecule has 4 heteroatoms. The van der Waals surface area contributed by atoms with Crippen LogP contribution >= 0.6 is 22.9 Å². The molecule has 1 aromatic heterocycles. The predicted molar refractivity (Wildman–Crippen MR) is 85.6 cm³/mol. The minimum absolute atomic E-state index is 0.478. The topological polar surface area (TPSA) is 23.5 Å². The first kappa shape index (κ1) is 13.9. The largest absolute Gasteiger partial charge is 0.389 e. The van der Waals surface area contributed by atoms with Gasteiger partial charge in [0, 0.05) is 10.9 Å². The van der Waals surface area contributed by atoms with Crippen molar-refractivity contribution >= 4 is 28.6 Å². The zero-order valence-corrected chi connectivity index (χ0v) is 13.0. The highest BCUT2D eigenvalue weighted by molar-refractivity contribution is 7.09. The summed E-state index contributed by atoms with van der Waals surface area (Å²) in [6.07, 6.45) is 1.99. The average molecular weight is 308 g/mol. The highest BCUT2D eigenvalue weighted by Crippen LogP contribution is 2.38. The van der Waals surface area contributed by atoms with E-state index in [-0.39, 0.29) is 0 Å². The van der Waals surface area contributed by atoms with E-state index in [9.17, 15) is 5.11 Å². The fourth-order valence-corrected chi connectivity index (χ4v) is 3.38. The second kappa shape index (κ2) is 5.76. The Bertz CT molecular complexity index is 578. The molecule has 1 aliphatic rings. The first-order valence-corrected chi connectivity index (χ1v) is 8.17. The Morgan fingerprint density at radius 2 is 2.20 bits per heavy atom. The number of nitrogens with zero attached hydrogens (tertiary/aromatic N) is 1. The van der Waals surface area contributed by atoms with Crippen LogP contribution in [0.1, 0.15) is 36.3 Å². The van der Waals surface area contributed by atoms with E-state index >= 15 is 0 Å². The predicted octanol–water partition coefficient (Wildman–Crippen LogP) is 4.62. The molecule has 2 nitrogen and oxygen atoms in total. The number of rotatable bonds is 5. The molecule has 0 amide bonds. The van der Waals surface area contributed by atoms with Gasteiger partial charge >= 0.3 is 0 Å². The smallest absolute Gasteiger partial charge is 0.0762 e. The number of halogens is 1. The molecule has 1 aromatic carbocycles. The van der Waals surface area contributed by atoms with Crippen LogP contribution in [-0.2, 0) is 6.54 Å². The molecule has 3 rings (SSSR count). The number of aliphatic hydroxyl groups excluding tert-OH is 1. The first-order chi connectivity index (χ1) is 9.65. The van der Waals surface area contributed by atoms with Crippen molar-refractivity contribution in [3.05, 3.63) is 51.2 Å². The van der Waals surface area contributed by atoms with Gasteiger partial charge in [-0.3, -0.25) is 0 Å². The van der Waals surface area contributed by atoms with Crippen LogP contribution in [0, 0.1) is 0 Å². The Morgan fingerprint density at radius 1 is 1.40 bits per heavy atom. The summed E-state index contributed by atoms with van der Waals surface area (Å²) < 4.78 is 0. The first-order valence-electron chi connectivity index (χ1n) is 6.91. The van der Waals surface area contributed by atoms with Crippen LogP contribution in [0.4, 0.5) is 5.69 Å². The van der Waals surface area contributed by atoms with Crippen LogP contribution in [0.5, 0.6) is 0 Å². The van der Waals surface area contributed by atoms with E-state index in [1.165, 1.54) is 17.7 Å². The van der Waals surface area contributed by atoms with E-state index in [0.717, 1.165) is 22.8 Å². The fourth-order valence-electron chi connectivity index (χ4n) is 2.38. The minimum Gasteiger partial charge on any atom is -0.389 e. The number of benzene rings is 1. The SMILES string of the molecule is C[C@@H](O)c1ccc(N(Cc2cccs2)C2CC2)c(Cl)c1. The van der Waals surface area contributed by atoms with Gasteiger partial charge in [0.2, 0.25) is 0 Å². The van der Waals surface area contributed by atoms with Gasteiger partial charge in [-0.25, -0.2) is 0 Å². The van der Waals surface area contributed by atoms with Crippen LogP contribution in [0.25, 0.3) is 0 Å². The summed E-state index contributed by atoms with van der Waals surface area (Å²) in [4.78, 5) is 3.74. The summed E-state index contributed by atoms with van der Waals surface area (Å²) in [5.41, 5.74) is 1.94. The van der Waals surface area contributed by atoms with E-state index in [2.05, 4.69) is 22.4 Å². The van der Waals surface area contributed by atoms with Gasteiger partial charge in [-0.1, -0.05) is 23.7 Å². The molecule has 1 N–H and O–H groups in total. The van der Waals surface area contributed by atoms with Gasteiger partial charge in [0.05, 0.1) is 23.4 Å². The van der Waals surface area contributed by atoms with Crippen LogP contribution < -0.4 is 4.90 Å². The Morgan fingerprint density at radius 3 is 2.75 bits per heavy atom. The lowest BCUT2D eigenvalue weighted by Crippen LogP contribution is -2.24. The van der Waals surface area contributed by atoms with Gasteiger partial charge < -0.3 is 10.0 Å². The molecule has 2 aromatic rings. The van der Waals surface area contributed by atoms with Gasteiger partial charge in [0.15, 0.2) is 0 Å². The third-order valence-corrected chi connectivity index (χ3v) is 4.82. The Balaban J connectivity index is 1.87. The molecule has 20 heavy (non-hydrogen) atoms. The average Bonchev–Trinajstić information content (AvgIpc) is 3.14. The summed E-state index contributed by atoms with van der Waals surface area (Å²) in [6.45, 7) is 2.67. The van der Waals surface area contributed by atoms with Crippen molar-refractivity contribution in [1.82, 2.24) is 0 Å². The molecular formula is C16H18ClNOS. The number of hydrogen-bond donors (Lipinski definition) is 1. The molecule has 0 aliphatic heterocycles. The van der Waals surface area contributed by atoms with Crippen molar-refractivity contribution in [2.24, 2.45) is 0 Å². The number of thiophene rings is 1. The van der Waals surface area contributed by atoms with Gasteiger partial charge in [0.25, 0.3) is 0 Å². The molecule has 1 saturated carbocycles. The monoisotopic (exact) mass is 307 g/mol. The Kier molecular flexibility index (Phi) is 4.01. The quantitative estimate of drug-likeness (QED) is 0.871. The molecule has 0 bridgehead atoms. The van der Waals surface area contributed by atoms with E-state index in [4.69, 9.17) is 11.6 Å². The van der Waals surface area contributed by atoms with Gasteiger partial charge in [-0.05, 0) is 48.9 Å². The summed E-state index contributed by atoms with van der Waals surface area (Å²) in [6, 6.07) is 10.7.